The van der Waals surface area contributed by atoms with Crippen molar-refractivity contribution >= 4 is 39.1 Å². The van der Waals surface area contributed by atoms with Crippen molar-refractivity contribution in [1.29, 1.82) is 0 Å². The number of nitrogen functional groups attached to an aromatic ring is 1. The second-order valence-corrected chi connectivity index (χ2v) is 5.00. The first-order valence-corrected chi connectivity index (χ1v) is 6.68. The van der Waals surface area contributed by atoms with Crippen molar-refractivity contribution in [3.8, 4) is 0 Å². The zero-order valence-corrected chi connectivity index (χ0v) is 12.7. The Bertz CT molecular complexity index is 659. The highest BCUT2D eigenvalue weighted by atomic mass is 79.9. The molecule has 5 nitrogen and oxygen atoms in total. The minimum Gasteiger partial charge on any atom is -0.465 e. The average Bonchev–Trinajstić information content (AvgIpc) is 2.45. The van der Waals surface area contributed by atoms with Crippen LogP contribution in [0.15, 0.2) is 34.9 Å². The Kier molecular flexibility index (Phi) is 4.24. The van der Waals surface area contributed by atoms with E-state index in [1.807, 2.05) is 25.1 Å². The molecule has 1 aromatic carbocycles. The van der Waals surface area contributed by atoms with Gasteiger partial charge in [-0.05, 0) is 30.7 Å². The van der Waals surface area contributed by atoms with Gasteiger partial charge in [0.2, 0.25) is 0 Å². The fourth-order valence-electron chi connectivity index (χ4n) is 1.73. The Morgan fingerprint density at radius 1 is 1.40 bits per heavy atom. The lowest BCUT2D eigenvalue weighted by Gasteiger charge is -2.13. The van der Waals surface area contributed by atoms with Crippen LogP contribution in [0.3, 0.4) is 0 Å². The molecule has 0 spiro atoms. The summed E-state index contributed by atoms with van der Waals surface area (Å²) in [6, 6.07) is 7.29. The molecular weight excluding hydrogens is 322 g/mol. The first-order chi connectivity index (χ1) is 9.54. The average molecular weight is 336 g/mol. The van der Waals surface area contributed by atoms with Crippen molar-refractivity contribution in [3.63, 3.8) is 0 Å². The second kappa shape index (κ2) is 5.92. The van der Waals surface area contributed by atoms with E-state index >= 15 is 0 Å². The zero-order chi connectivity index (χ0) is 14.7. The number of pyridine rings is 1. The van der Waals surface area contributed by atoms with Crippen LogP contribution in [0.5, 0.6) is 0 Å². The van der Waals surface area contributed by atoms with Crippen LogP contribution < -0.4 is 11.1 Å². The van der Waals surface area contributed by atoms with Crippen LogP contribution in [-0.4, -0.2) is 18.1 Å². The monoisotopic (exact) mass is 335 g/mol. The molecule has 3 N–H and O–H groups in total. The molecule has 0 aliphatic rings. The van der Waals surface area contributed by atoms with Crippen molar-refractivity contribution in [2.24, 2.45) is 0 Å². The van der Waals surface area contributed by atoms with E-state index in [0.29, 0.717) is 5.82 Å². The summed E-state index contributed by atoms with van der Waals surface area (Å²) in [4.78, 5) is 15.8. The standard InChI is InChI=1S/C14H14BrN3O2/c1-8-10(15)4-3-5-11(8)18-13-12(16)9(6-7-17-13)14(19)20-2/h3-7H,16H2,1-2H3,(H,17,18). The number of benzene rings is 1. The highest BCUT2D eigenvalue weighted by Crippen LogP contribution is 2.29. The van der Waals surface area contributed by atoms with Gasteiger partial charge < -0.3 is 15.8 Å². The lowest BCUT2D eigenvalue weighted by Crippen LogP contribution is -2.09. The number of methoxy groups -OCH3 is 1. The van der Waals surface area contributed by atoms with E-state index in [0.717, 1.165) is 15.7 Å². The molecule has 0 bridgehead atoms. The smallest absolute Gasteiger partial charge is 0.340 e. The van der Waals surface area contributed by atoms with Crippen LogP contribution >= 0.6 is 15.9 Å². The number of nitrogens with one attached hydrogen (secondary N) is 1. The van der Waals surface area contributed by atoms with Crippen molar-refractivity contribution in [2.45, 2.75) is 6.92 Å². The molecule has 0 unspecified atom stereocenters. The molecule has 0 fully saturated rings. The Hall–Kier alpha value is -2.08. The maximum atomic E-state index is 11.6. The molecule has 0 aliphatic carbocycles. The van der Waals surface area contributed by atoms with Gasteiger partial charge in [-0.15, -0.1) is 0 Å². The predicted octanol–water partition coefficient (Wildman–Crippen LogP) is 3.26. The molecule has 0 atom stereocenters. The highest BCUT2D eigenvalue weighted by molar-refractivity contribution is 9.10. The number of esters is 1. The van der Waals surface area contributed by atoms with Crippen molar-refractivity contribution in [3.05, 3.63) is 46.1 Å². The number of nitrogens with zero attached hydrogens (tertiary/aromatic N) is 1. The molecule has 20 heavy (non-hydrogen) atoms. The van der Waals surface area contributed by atoms with Crippen LogP contribution in [0.2, 0.25) is 0 Å². The summed E-state index contributed by atoms with van der Waals surface area (Å²) in [6.45, 7) is 1.97. The summed E-state index contributed by atoms with van der Waals surface area (Å²) >= 11 is 3.46. The van der Waals surface area contributed by atoms with Crippen molar-refractivity contribution in [2.75, 3.05) is 18.2 Å². The highest BCUT2D eigenvalue weighted by Gasteiger charge is 2.14. The molecule has 1 aromatic heterocycles. The Morgan fingerprint density at radius 2 is 2.15 bits per heavy atom. The molecule has 0 aliphatic heterocycles. The third-order valence-corrected chi connectivity index (χ3v) is 3.78. The third-order valence-electron chi connectivity index (χ3n) is 2.92. The lowest BCUT2D eigenvalue weighted by atomic mass is 10.2. The molecule has 104 valence electrons. The summed E-state index contributed by atoms with van der Waals surface area (Å²) in [7, 11) is 1.31. The minimum atomic E-state index is -0.487. The van der Waals surface area contributed by atoms with Crippen LogP contribution in [0.25, 0.3) is 0 Å². The van der Waals surface area contributed by atoms with Gasteiger partial charge in [-0.1, -0.05) is 22.0 Å². The molecule has 1 heterocycles. The van der Waals surface area contributed by atoms with Crippen LogP contribution in [0, 0.1) is 6.92 Å². The summed E-state index contributed by atoms with van der Waals surface area (Å²) in [5, 5.41) is 3.13. The lowest BCUT2D eigenvalue weighted by molar-refractivity contribution is 0.0602. The Balaban J connectivity index is 2.39. The number of hydrogen-bond donors (Lipinski definition) is 2. The summed E-state index contributed by atoms with van der Waals surface area (Å²) < 4.78 is 5.66. The van der Waals surface area contributed by atoms with Crippen molar-refractivity contribution < 1.29 is 9.53 Å². The van der Waals surface area contributed by atoms with Crippen LogP contribution in [0.1, 0.15) is 15.9 Å². The number of anilines is 3. The van der Waals surface area contributed by atoms with Gasteiger partial charge in [0.25, 0.3) is 0 Å². The summed E-state index contributed by atoms with van der Waals surface area (Å²) in [5.41, 5.74) is 8.40. The van der Waals surface area contributed by atoms with Crippen LogP contribution in [0.4, 0.5) is 17.2 Å². The van der Waals surface area contributed by atoms with Gasteiger partial charge in [0.05, 0.1) is 18.4 Å². The number of carbonyl (C=O) groups excluding carboxylic acids is 1. The normalized spacial score (nSPS) is 10.2. The molecule has 0 saturated carbocycles. The van der Waals surface area contributed by atoms with Gasteiger partial charge in [0, 0.05) is 16.4 Å². The quantitative estimate of drug-likeness (QED) is 0.842. The fourth-order valence-corrected chi connectivity index (χ4v) is 2.10. The van der Waals surface area contributed by atoms with E-state index in [4.69, 9.17) is 5.73 Å². The van der Waals surface area contributed by atoms with E-state index in [1.54, 1.807) is 0 Å². The molecule has 0 radical (unpaired) electrons. The SMILES string of the molecule is COC(=O)c1ccnc(Nc2cccc(Br)c2C)c1N. The van der Waals surface area contributed by atoms with E-state index < -0.39 is 5.97 Å². The number of halogens is 1. The van der Waals surface area contributed by atoms with Gasteiger partial charge >= 0.3 is 5.97 Å². The zero-order valence-electron chi connectivity index (χ0n) is 11.1. The molecule has 2 aromatic rings. The topological polar surface area (TPSA) is 77.2 Å². The van der Waals surface area contributed by atoms with Gasteiger partial charge in [0.15, 0.2) is 5.82 Å². The van der Waals surface area contributed by atoms with Crippen molar-refractivity contribution in [1.82, 2.24) is 4.98 Å². The number of hydrogen-bond acceptors (Lipinski definition) is 5. The first-order valence-electron chi connectivity index (χ1n) is 5.89. The number of carbonyl (C=O) groups is 1. The maximum absolute atomic E-state index is 11.6. The predicted molar refractivity (Wildman–Crippen MR) is 82.2 cm³/mol. The largest absolute Gasteiger partial charge is 0.465 e. The first kappa shape index (κ1) is 14.3. The molecule has 0 saturated heterocycles. The van der Waals surface area contributed by atoms with Gasteiger partial charge in [0.1, 0.15) is 0 Å². The molecular formula is C14H14BrN3O2. The van der Waals surface area contributed by atoms with Crippen LogP contribution in [-0.2, 0) is 4.74 Å². The molecule has 6 heteroatoms. The maximum Gasteiger partial charge on any atom is 0.340 e. The fraction of sp³-hybridized carbons (Fsp3) is 0.143. The molecule has 0 amide bonds. The Morgan fingerprint density at radius 3 is 2.85 bits per heavy atom. The summed E-state index contributed by atoms with van der Waals surface area (Å²) in [5.74, 6) is -0.0620. The Labute approximate surface area is 125 Å². The van der Waals surface area contributed by atoms with Gasteiger partial charge in [-0.25, -0.2) is 9.78 Å². The van der Waals surface area contributed by atoms with Gasteiger partial charge in [-0.2, -0.15) is 0 Å². The number of ether oxygens (including phenoxy) is 1. The number of rotatable bonds is 3. The van der Waals surface area contributed by atoms with E-state index in [-0.39, 0.29) is 11.3 Å². The second-order valence-electron chi connectivity index (χ2n) is 4.15. The number of aromatic nitrogens is 1. The molecule has 2 rings (SSSR count). The van der Waals surface area contributed by atoms with E-state index in [9.17, 15) is 4.79 Å². The number of nitrogens with two attached hydrogens (primary N) is 1. The van der Waals surface area contributed by atoms with E-state index in [1.165, 1.54) is 19.4 Å². The summed E-state index contributed by atoms with van der Waals surface area (Å²) in [6.07, 6.45) is 1.51. The third kappa shape index (κ3) is 2.75. The minimum absolute atomic E-state index is 0.263. The van der Waals surface area contributed by atoms with E-state index in [2.05, 4.69) is 31.0 Å². The van der Waals surface area contributed by atoms with Gasteiger partial charge in [-0.3, -0.25) is 0 Å².